The number of hydrogen-bond acceptors (Lipinski definition) is 6. The van der Waals surface area contributed by atoms with Gasteiger partial charge in [0.1, 0.15) is 22.2 Å². The summed E-state index contributed by atoms with van der Waals surface area (Å²) in [6, 6.07) is 17.9. The van der Waals surface area contributed by atoms with E-state index in [2.05, 4.69) is 5.32 Å². The fourth-order valence-electron chi connectivity index (χ4n) is 3.43. The summed E-state index contributed by atoms with van der Waals surface area (Å²) >= 11 is 12.2. The summed E-state index contributed by atoms with van der Waals surface area (Å²) < 4.78 is 10.9. The lowest BCUT2D eigenvalue weighted by molar-refractivity contribution is -0.120. The van der Waals surface area contributed by atoms with E-state index < -0.39 is 17.8 Å². The van der Waals surface area contributed by atoms with Gasteiger partial charge in [0.15, 0.2) is 0 Å². The van der Waals surface area contributed by atoms with Crippen LogP contribution in [0, 0.1) is 6.92 Å². The largest absolute Gasteiger partial charge is 0.492 e. The second-order valence-corrected chi connectivity index (χ2v) is 8.32. The summed E-state index contributed by atoms with van der Waals surface area (Å²) in [7, 11) is 0. The van der Waals surface area contributed by atoms with E-state index in [1.54, 1.807) is 61.5 Å². The van der Waals surface area contributed by atoms with E-state index in [4.69, 9.17) is 32.7 Å². The number of benzene rings is 3. The van der Waals surface area contributed by atoms with Crippen LogP contribution in [0.5, 0.6) is 11.5 Å². The van der Waals surface area contributed by atoms with Gasteiger partial charge >= 0.3 is 5.97 Å². The predicted molar refractivity (Wildman–Crippen MR) is 134 cm³/mol. The van der Waals surface area contributed by atoms with Crippen LogP contribution < -0.4 is 19.7 Å². The van der Waals surface area contributed by atoms with E-state index in [9.17, 15) is 14.4 Å². The number of nitrogens with one attached hydrogen (secondary N) is 1. The molecule has 0 unspecified atom stereocenters. The van der Waals surface area contributed by atoms with Crippen molar-refractivity contribution in [2.75, 3.05) is 16.8 Å². The highest BCUT2D eigenvalue weighted by molar-refractivity contribution is 6.53. The van der Waals surface area contributed by atoms with Crippen molar-refractivity contribution in [3.8, 4) is 11.5 Å². The number of ether oxygens (including phenoxy) is 2. The van der Waals surface area contributed by atoms with E-state index in [0.717, 1.165) is 10.5 Å². The van der Waals surface area contributed by atoms with Crippen molar-refractivity contribution in [3.05, 3.63) is 93.6 Å². The summed E-state index contributed by atoms with van der Waals surface area (Å²) in [5.41, 5.74) is 1.77. The van der Waals surface area contributed by atoms with Crippen molar-refractivity contribution in [2.24, 2.45) is 0 Å². The summed E-state index contributed by atoms with van der Waals surface area (Å²) in [5.74, 6) is -1.07. The van der Waals surface area contributed by atoms with Crippen molar-refractivity contribution in [1.82, 2.24) is 0 Å². The topological polar surface area (TPSA) is 84.9 Å². The highest BCUT2D eigenvalue weighted by Crippen LogP contribution is 2.35. The van der Waals surface area contributed by atoms with E-state index in [-0.39, 0.29) is 10.7 Å². The average molecular weight is 511 g/mol. The summed E-state index contributed by atoms with van der Waals surface area (Å²) in [4.78, 5) is 39.3. The number of esters is 1. The molecular formula is C26H20Cl2N2O5. The van der Waals surface area contributed by atoms with E-state index >= 15 is 0 Å². The van der Waals surface area contributed by atoms with Gasteiger partial charge in [-0.1, -0.05) is 35.3 Å². The fraction of sp³-hybridized carbons (Fsp3) is 0.115. The highest BCUT2D eigenvalue weighted by Gasteiger charge is 2.40. The van der Waals surface area contributed by atoms with Gasteiger partial charge in [-0.15, -0.1) is 0 Å². The molecule has 1 heterocycles. The minimum absolute atomic E-state index is 0.0741. The number of para-hydroxylation sites is 2. The quantitative estimate of drug-likeness (QED) is 0.249. The maximum absolute atomic E-state index is 13.1. The van der Waals surface area contributed by atoms with Gasteiger partial charge in [0.25, 0.3) is 11.8 Å². The Kier molecular flexibility index (Phi) is 7.10. The van der Waals surface area contributed by atoms with Crippen molar-refractivity contribution in [1.29, 1.82) is 0 Å². The molecule has 0 spiro atoms. The van der Waals surface area contributed by atoms with Crippen LogP contribution in [0.2, 0.25) is 5.02 Å². The number of nitrogens with zero attached hydrogens (tertiary/aromatic N) is 1. The predicted octanol–water partition coefficient (Wildman–Crippen LogP) is 5.70. The van der Waals surface area contributed by atoms with Gasteiger partial charge in [0.2, 0.25) is 0 Å². The molecule has 0 bridgehead atoms. The van der Waals surface area contributed by atoms with Gasteiger partial charge in [-0.2, -0.15) is 0 Å². The first kappa shape index (κ1) is 24.3. The van der Waals surface area contributed by atoms with Crippen LogP contribution >= 0.6 is 23.2 Å². The standard InChI is InChI=1S/C26H20Cl2N2O5/c1-3-34-21-7-5-4-6-20(21)30-24(31)22(28)23(25(30)32)29-17-10-8-16(9-11-17)26(33)35-18-12-13-19(27)15(2)14-18/h4-14,29H,3H2,1-2H3. The molecule has 0 atom stereocenters. The number of halogens is 2. The maximum atomic E-state index is 13.1. The van der Waals surface area contributed by atoms with Crippen LogP contribution in [0.3, 0.4) is 0 Å². The number of anilines is 2. The van der Waals surface area contributed by atoms with Gasteiger partial charge in [-0.25, -0.2) is 9.69 Å². The number of rotatable bonds is 7. The molecule has 1 aliphatic rings. The Labute approximate surface area is 211 Å². The smallest absolute Gasteiger partial charge is 0.343 e. The first-order valence-corrected chi connectivity index (χ1v) is 11.4. The van der Waals surface area contributed by atoms with Gasteiger partial charge < -0.3 is 14.8 Å². The second-order valence-electron chi connectivity index (χ2n) is 7.54. The molecule has 0 fully saturated rings. The normalized spacial score (nSPS) is 13.3. The molecule has 178 valence electrons. The Hall–Kier alpha value is -3.81. The molecule has 9 heteroatoms. The molecule has 1 aliphatic heterocycles. The van der Waals surface area contributed by atoms with E-state index in [1.807, 2.05) is 6.92 Å². The molecule has 3 aromatic carbocycles. The third-order valence-electron chi connectivity index (χ3n) is 5.16. The van der Waals surface area contributed by atoms with Crippen LogP contribution in [0.15, 0.2) is 77.5 Å². The lowest BCUT2D eigenvalue weighted by Gasteiger charge is -2.18. The van der Waals surface area contributed by atoms with E-state index in [0.29, 0.717) is 40.1 Å². The van der Waals surface area contributed by atoms with E-state index in [1.165, 1.54) is 12.1 Å². The highest BCUT2D eigenvalue weighted by atomic mass is 35.5. The third-order valence-corrected chi connectivity index (χ3v) is 5.94. The Morgan fingerprint density at radius 2 is 1.69 bits per heavy atom. The number of hydrogen-bond donors (Lipinski definition) is 1. The number of aryl methyl sites for hydroxylation is 1. The molecular weight excluding hydrogens is 491 g/mol. The van der Waals surface area contributed by atoms with Gasteiger partial charge in [-0.05, 0) is 74.0 Å². The van der Waals surface area contributed by atoms with Crippen molar-refractivity contribution >= 4 is 52.4 Å². The van der Waals surface area contributed by atoms with Gasteiger partial charge in [0, 0.05) is 10.7 Å². The Balaban J connectivity index is 1.49. The molecule has 4 rings (SSSR count). The number of amides is 2. The zero-order valence-corrected chi connectivity index (χ0v) is 20.3. The molecule has 0 aliphatic carbocycles. The fourth-order valence-corrected chi connectivity index (χ4v) is 3.76. The van der Waals surface area contributed by atoms with Crippen LogP contribution in [0.25, 0.3) is 0 Å². The number of carbonyl (C=O) groups is 3. The molecule has 3 aromatic rings. The minimum Gasteiger partial charge on any atom is -0.492 e. The monoisotopic (exact) mass is 510 g/mol. The van der Waals surface area contributed by atoms with Crippen LogP contribution in [-0.4, -0.2) is 24.4 Å². The lowest BCUT2D eigenvalue weighted by Crippen LogP contribution is -2.32. The maximum Gasteiger partial charge on any atom is 0.343 e. The molecule has 0 saturated carbocycles. The Morgan fingerprint density at radius 1 is 0.971 bits per heavy atom. The zero-order chi connectivity index (χ0) is 25.1. The molecule has 1 N–H and O–H groups in total. The van der Waals surface area contributed by atoms with Crippen molar-refractivity contribution < 1.29 is 23.9 Å². The zero-order valence-electron chi connectivity index (χ0n) is 18.8. The molecule has 7 nitrogen and oxygen atoms in total. The van der Waals surface area contributed by atoms with Crippen LogP contribution in [-0.2, 0) is 9.59 Å². The second kappa shape index (κ2) is 10.2. The summed E-state index contributed by atoms with van der Waals surface area (Å²) in [6.07, 6.45) is 0. The third kappa shape index (κ3) is 5.01. The summed E-state index contributed by atoms with van der Waals surface area (Å²) in [6.45, 7) is 3.98. The molecule has 2 amide bonds. The average Bonchev–Trinajstić information content (AvgIpc) is 3.05. The number of carbonyl (C=O) groups excluding carboxylic acids is 3. The first-order valence-electron chi connectivity index (χ1n) is 10.7. The minimum atomic E-state index is -0.662. The lowest BCUT2D eigenvalue weighted by atomic mass is 10.2. The van der Waals surface area contributed by atoms with Crippen molar-refractivity contribution in [2.45, 2.75) is 13.8 Å². The first-order chi connectivity index (χ1) is 16.8. The SMILES string of the molecule is CCOc1ccccc1N1C(=O)C(Cl)=C(Nc2ccc(C(=O)Oc3ccc(Cl)c(C)c3)cc2)C1=O. The van der Waals surface area contributed by atoms with Gasteiger partial charge in [0.05, 0.1) is 17.9 Å². The Bertz CT molecular complexity index is 1350. The van der Waals surface area contributed by atoms with Crippen molar-refractivity contribution in [3.63, 3.8) is 0 Å². The molecule has 0 radical (unpaired) electrons. The number of imide groups is 1. The Morgan fingerprint density at radius 3 is 2.37 bits per heavy atom. The van der Waals surface area contributed by atoms with Crippen LogP contribution in [0.4, 0.5) is 11.4 Å². The molecule has 0 saturated heterocycles. The molecule has 35 heavy (non-hydrogen) atoms. The summed E-state index contributed by atoms with van der Waals surface area (Å²) in [5, 5.41) is 3.21. The van der Waals surface area contributed by atoms with Crippen LogP contribution in [0.1, 0.15) is 22.8 Å². The molecule has 0 aromatic heterocycles. The van der Waals surface area contributed by atoms with Gasteiger partial charge in [-0.3, -0.25) is 9.59 Å².